The fourth-order valence-corrected chi connectivity index (χ4v) is 2.00. The molecule has 0 radical (unpaired) electrons. The van der Waals surface area contributed by atoms with Gasteiger partial charge in [-0.15, -0.1) is 0 Å². The largest absolute Gasteiger partial charge is 0.385 e. The van der Waals surface area contributed by atoms with E-state index in [1.54, 1.807) is 0 Å². The highest BCUT2D eigenvalue weighted by atomic mass is 15.0. The molecule has 0 amide bonds. The Balaban J connectivity index is 2.17. The van der Waals surface area contributed by atoms with Crippen molar-refractivity contribution in [3.63, 3.8) is 0 Å². The van der Waals surface area contributed by atoms with Crippen LogP contribution in [0.5, 0.6) is 0 Å². The van der Waals surface area contributed by atoms with Crippen molar-refractivity contribution in [2.75, 3.05) is 5.73 Å². The monoisotopic (exact) mass is 223 g/mol. The molecule has 0 aliphatic heterocycles. The van der Waals surface area contributed by atoms with Crippen LogP contribution in [0, 0.1) is 0 Å². The van der Waals surface area contributed by atoms with Crippen LogP contribution in [0.2, 0.25) is 0 Å². The number of fused-ring (bicyclic) bond motifs is 1. The molecule has 3 nitrogen and oxygen atoms in total. The second-order valence-corrected chi connectivity index (χ2v) is 4.20. The zero-order chi connectivity index (χ0) is 11.8. The summed E-state index contributed by atoms with van der Waals surface area (Å²) in [6.45, 7) is 0. The quantitative estimate of drug-likeness (QED) is 0.689. The van der Waals surface area contributed by atoms with Crippen LogP contribution in [0.4, 0.5) is 5.82 Å². The number of aryl methyl sites for hydroxylation is 1. The number of nitrogens with two attached hydrogens (primary N) is 1. The van der Waals surface area contributed by atoms with Crippen molar-refractivity contribution >= 4 is 16.6 Å². The summed E-state index contributed by atoms with van der Waals surface area (Å²) >= 11 is 0. The Labute approximate surface area is 99.5 Å². The summed E-state index contributed by atoms with van der Waals surface area (Å²) in [5.41, 5.74) is 8.16. The van der Waals surface area contributed by atoms with Gasteiger partial charge in [0.2, 0.25) is 0 Å². The Bertz CT molecular complexity index is 663. The highest BCUT2D eigenvalue weighted by Gasteiger charge is 2.03. The highest BCUT2D eigenvalue weighted by Crippen LogP contribution is 2.26. The maximum atomic E-state index is 5.84. The SMILES string of the molecule is Cn1cc(-c2ccc3cnccc3c2)cc1N. The van der Waals surface area contributed by atoms with E-state index in [9.17, 15) is 0 Å². The van der Waals surface area contributed by atoms with E-state index in [0.29, 0.717) is 0 Å². The van der Waals surface area contributed by atoms with E-state index in [1.807, 2.05) is 42.3 Å². The van der Waals surface area contributed by atoms with Crippen LogP contribution in [-0.2, 0) is 7.05 Å². The summed E-state index contributed by atoms with van der Waals surface area (Å²) in [5, 5.41) is 2.35. The van der Waals surface area contributed by atoms with E-state index in [-0.39, 0.29) is 0 Å². The number of nitrogen functional groups attached to an aromatic ring is 1. The molecule has 3 aromatic rings. The Morgan fingerprint density at radius 1 is 1.06 bits per heavy atom. The van der Waals surface area contributed by atoms with Gasteiger partial charge in [0.25, 0.3) is 0 Å². The molecule has 17 heavy (non-hydrogen) atoms. The summed E-state index contributed by atoms with van der Waals surface area (Å²) in [4.78, 5) is 4.11. The van der Waals surface area contributed by atoms with Crippen molar-refractivity contribution < 1.29 is 0 Å². The summed E-state index contributed by atoms with van der Waals surface area (Å²) in [6, 6.07) is 10.3. The Morgan fingerprint density at radius 3 is 2.71 bits per heavy atom. The smallest absolute Gasteiger partial charge is 0.103 e. The van der Waals surface area contributed by atoms with Gasteiger partial charge in [-0.25, -0.2) is 0 Å². The lowest BCUT2D eigenvalue weighted by atomic mass is 10.0. The molecule has 0 atom stereocenters. The van der Waals surface area contributed by atoms with Gasteiger partial charge in [-0.1, -0.05) is 12.1 Å². The Morgan fingerprint density at radius 2 is 1.94 bits per heavy atom. The predicted molar refractivity (Wildman–Crippen MR) is 70.6 cm³/mol. The molecule has 3 heteroatoms. The van der Waals surface area contributed by atoms with Crippen molar-refractivity contribution in [2.45, 2.75) is 0 Å². The number of anilines is 1. The second kappa shape index (κ2) is 3.63. The predicted octanol–water partition coefficient (Wildman–Crippen LogP) is 2.82. The summed E-state index contributed by atoms with van der Waals surface area (Å²) in [6.07, 6.45) is 5.72. The lowest BCUT2D eigenvalue weighted by Gasteiger charge is -2.00. The van der Waals surface area contributed by atoms with Crippen molar-refractivity contribution in [1.82, 2.24) is 9.55 Å². The maximum absolute atomic E-state index is 5.84. The van der Waals surface area contributed by atoms with Gasteiger partial charge in [0.15, 0.2) is 0 Å². The molecule has 0 saturated carbocycles. The minimum atomic E-state index is 0.773. The molecule has 0 spiro atoms. The molecule has 84 valence electrons. The third-order valence-corrected chi connectivity index (χ3v) is 3.02. The fraction of sp³-hybridized carbons (Fsp3) is 0.0714. The van der Waals surface area contributed by atoms with Crippen LogP contribution >= 0.6 is 0 Å². The van der Waals surface area contributed by atoms with E-state index in [2.05, 4.69) is 23.2 Å². The first-order valence-corrected chi connectivity index (χ1v) is 5.50. The number of benzene rings is 1. The molecule has 2 heterocycles. The van der Waals surface area contributed by atoms with Gasteiger partial charge < -0.3 is 10.3 Å². The van der Waals surface area contributed by atoms with Crippen LogP contribution in [0.1, 0.15) is 0 Å². The minimum Gasteiger partial charge on any atom is -0.385 e. The average Bonchev–Trinajstić information content (AvgIpc) is 2.69. The molecule has 1 aromatic carbocycles. The van der Waals surface area contributed by atoms with E-state index in [1.165, 1.54) is 10.9 Å². The minimum absolute atomic E-state index is 0.773. The van der Waals surface area contributed by atoms with Crippen molar-refractivity contribution in [3.05, 3.63) is 48.9 Å². The van der Waals surface area contributed by atoms with Crippen LogP contribution in [0.25, 0.3) is 21.9 Å². The number of aromatic nitrogens is 2. The van der Waals surface area contributed by atoms with Crippen LogP contribution < -0.4 is 5.73 Å². The second-order valence-electron chi connectivity index (χ2n) is 4.20. The van der Waals surface area contributed by atoms with Crippen molar-refractivity contribution in [1.29, 1.82) is 0 Å². The zero-order valence-electron chi connectivity index (χ0n) is 9.59. The van der Waals surface area contributed by atoms with E-state index >= 15 is 0 Å². The number of hydrogen-bond donors (Lipinski definition) is 1. The third kappa shape index (κ3) is 1.65. The van der Waals surface area contributed by atoms with E-state index in [0.717, 1.165) is 16.8 Å². The van der Waals surface area contributed by atoms with Crippen LogP contribution in [0.3, 0.4) is 0 Å². The Kier molecular flexibility index (Phi) is 2.11. The van der Waals surface area contributed by atoms with Crippen molar-refractivity contribution in [2.24, 2.45) is 7.05 Å². The topological polar surface area (TPSA) is 43.8 Å². The van der Waals surface area contributed by atoms with Gasteiger partial charge in [0.05, 0.1) is 0 Å². The first-order valence-electron chi connectivity index (χ1n) is 5.50. The standard InChI is InChI=1S/C14H13N3/c1-17-9-13(7-14(17)15)10-2-3-12-8-16-5-4-11(12)6-10/h2-9H,15H2,1H3. The van der Waals surface area contributed by atoms with Crippen LogP contribution in [0.15, 0.2) is 48.9 Å². The van der Waals surface area contributed by atoms with E-state index in [4.69, 9.17) is 5.73 Å². The first kappa shape index (κ1) is 9.90. The third-order valence-electron chi connectivity index (χ3n) is 3.02. The zero-order valence-corrected chi connectivity index (χ0v) is 9.59. The normalized spacial score (nSPS) is 10.9. The van der Waals surface area contributed by atoms with Gasteiger partial charge in [0, 0.05) is 36.6 Å². The maximum Gasteiger partial charge on any atom is 0.103 e. The molecule has 0 unspecified atom stereocenters. The summed E-state index contributed by atoms with van der Waals surface area (Å²) < 4.78 is 1.92. The van der Waals surface area contributed by atoms with Gasteiger partial charge >= 0.3 is 0 Å². The molecule has 3 rings (SSSR count). The lowest BCUT2D eigenvalue weighted by molar-refractivity contribution is 0.942. The van der Waals surface area contributed by atoms with Gasteiger partial charge in [-0.2, -0.15) is 0 Å². The lowest BCUT2D eigenvalue weighted by Crippen LogP contribution is -1.92. The number of nitrogens with zero attached hydrogens (tertiary/aromatic N) is 2. The van der Waals surface area contributed by atoms with E-state index < -0.39 is 0 Å². The first-order chi connectivity index (χ1) is 8.24. The molecule has 2 aromatic heterocycles. The molecule has 0 saturated heterocycles. The van der Waals surface area contributed by atoms with Gasteiger partial charge in [-0.05, 0) is 29.1 Å². The van der Waals surface area contributed by atoms with Crippen molar-refractivity contribution in [3.8, 4) is 11.1 Å². The number of rotatable bonds is 1. The molecular formula is C14H13N3. The van der Waals surface area contributed by atoms with Gasteiger partial charge in [0.1, 0.15) is 5.82 Å². The average molecular weight is 223 g/mol. The van der Waals surface area contributed by atoms with Gasteiger partial charge in [-0.3, -0.25) is 4.98 Å². The number of pyridine rings is 1. The Hall–Kier alpha value is -2.29. The molecule has 0 aliphatic rings. The highest BCUT2D eigenvalue weighted by molar-refractivity contribution is 5.86. The fourth-order valence-electron chi connectivity index (χ4n) is 2.00. The molecule has 0 fully saturated rings. The van der Waals surface area contributed by atoms with Crippen LogP contribution in [-0.4, -0.2) is 9.55 Å². The molecule has 2 N–H and O–H groups in total. The summed E-state index contributed by atoms with van der Waals surface area (Å²) in [5.74, 6) is 0.773. The number of hydrogen-bond acceptors (Lipinski definition) is 2. The molecular weight excluding hydrogens is 210 g/mol. The summed E-state index contributed by atoms with van der Waals surface area (Å²) in [7, 11) is 1.95. The molecule has 0 aliphatic carbocycles. The molecule has 0 bridgehead atoms.